The molecular formula is C22H21BrF2N4O2. The quantitative estimate of drug-likeness (QED) is 0.467. The van der Waals surface area contributed by atoms with Crippen LogP contribution < -0.4 is 15.8 Å². The Balaban J connectivity index is 1.74. The number of carbonyl (C=O) groups excluding carboxylic acids is 1. The van der Waals surface area contributed by atoms with Crippen molar-refractivity contribution in [1.29, 1.82) is 0 Å². The zero-order valence-electron chi connectivity index (χ0n) is 16.8. The van der Waals surface area contributed by atoms with Crippen molar-refractivity contribution in [3.63, 3.8) is 0 Å². The first-order chi connectivity index (χ1) is 14.9. The lowest BCUT2D eigenvalue weighted by molar-refractivity contribution is -0.117. The fraction of sp³-hybridized carbons (Fsp3) is 0.227. The van der Waals surface area contributed by atoms with Crippen molar-refractivity contribution in [2.75, 3.05) is 18.5 Å². The highest BCUT2D eigenvalue weighted by molar-refractivity contribution is 9.10. The molecule has 0 bridgehead atoms. The van der Waals surface area contributed by atoms with E-state index in [-0.39, 0.29) is 24.9 Å². The average Bonchev–Trinajstić information content (AvgIpc) is 2.71. The van der Waals surface area contributed by atoms with E-state index in [1.54, 1.807) is 18.2 Å². The van der Waals surface area contributed by atoms with Crippen LogP contribution in [0.25, 0.3) is 11.3 Å². The Bertz CT molecular complexity index is 1070. The standard InChI is InChI=1S/C22H21BrF2N4O2/c1-2-31-20-7-13(3-4-14(20)8-21(26)30)19-11-22(29-12-28-19)27-6-5-16-17(24)9-15(23)10-18(16)25/h3-4,7,9-12H,2,5-6,8H2,1H3,(H2,26,30)(H,27,28,29). The summed E-state index contributed by atoms with van der Waals surface area (Å²) < 4.78 is 33.9. The Morgan fingerprint density at radius 1 is 1.16 bits per heavy atom. The van der Waals surface area contributed by atoms with Gasteiger partial charge in [0.2, 0.25) is 5.91 Å². The first-order valence-electron chi connectivity index (χ1n) is 9.61. The van der Waals surface area contributed by atoms with E-state index in [1.165, 1.54) is 18.5 Å². The van der Waals surface area contributed by atoms with Crippen LogP contribution in [-0.4, -0.2) is 29.0 Å². The number of hydrogen-bond acceptors (Lipinski definition) is 5. The van der Waals surface area contributed by atoms with Crippen molar-refractivity contribution in [2.24, 2.45) is 5.73 Å². The number of nitrogens with two attached hydrogens (primary N) is 1. The molecule has 2 aromatic carbocycles. The SMILES string of the molecule is CCOc1cc(-c2cc(NCCc3c(F)cc(Br)cc3F)ncn2)ccc1CC(N)=O. The lowest BCUT2D eigenvalue weighted by Gasteiger charge is -2.12. The Morgan fingerprint density at radius 2 is 1.90 bits per heavy atom. The number of nitrogens with one attached hydrogen (secondary N) is 1. The number of rotatable bonds is 9. The smallest absolute Gasteiger partial charge is 0.221 e. The van der Waals surface area contributed by atoms with E-state index in [1.807, 2.05) is 13.0 Å². The van der Waals surface area contributed by atoms with Gasteiger partial charge in [0.15, 0.2) is 0 Å². The molecule has 0 radical (unpaired) electrons. The second kappa shape index (κ2) is 10.3. The minimum atomic E-state index is -0.600. The predicted octanol–water partition coefficient (Wildman–Crippen LogP) is 4.27. The van der Waals surface area contributed by atoms with Gasteiger partial charge < -0.3 is 15.8 Å². The zero-order chi connectivity index (χ0) is 22.4. The van der Waals surface area contributed by atoms with E-state index in [0.717, 1.165) is 5.56 Å². The molecule has 0 aliphatic heterocycles. The molecule has 9 heteroatoms. The second-order valence-corrected chi connectivity index (χ2v) is 7.63. The topological polar surface area (TPSA) is 90.1 Å². The maximum Gasteiger partial charge on any atom is 0.221 e. The molecule has 1 heterocycles. The number of halogens is 3. The maximum atomic E-state index is 14.0. The number of carbonyl (C=O) groups is 1. The average molecular weight is 491 g/mol. The van der Waals surface area contributed by atoms with E-state index in [2.05, 4.69) is 31.2 Å². The van der Waals surface area contributed by atoms with Crippen LogP contribution in [0.2, 0.25) is 0 Å². The Hall–Kier alpha value is -3.07. The van der Waals surface area contributed by atoms with Gasteiger partial charge in [0, 0.05) is 33.8 Å². The summed E-state index contributed by atoms with van der Waals surface area (Å²) in [5, 5.41) is 3.06. The molecule has 1 amide bonds. The summed E-state index contributed by atoms with van der Waals surface area (Å²) in [6.07, 6.45) is 1.63. The van der Waals surface area contributed by atoms with Crippen LogP contribution in [0.3, 0.4) is 0 Å². The summed E-state index contributed by atoms with van der Waals surface area (Å²) in [5.41, 5.74) is 7.41. The third kappa shape index (κ3) is 5.97. The van der Waals surface area contributed by atoms with Crippen molar-refractivity contribution in [3.8, 4) is 17.0 Å². The molecule has 0 aliphatic rings. The molecule has 0 atom stereocenters. The molecule has 3 N–H and O–H groups in total. The molecule has 162 valence electrons. The number of amides is 1. The van der Waals surface area contributed by atoms with E-state index in [4.69, 9.17) is 10.5 Å². The molecule has 31 heavy (non-hydrogen) atoms. The van der Waals surface area contributed by atoms with Crippen LogP contribution in [0, 0.1) is 11.6 Å². The zero-order valence-corrected chi connectivity index (χ0v) is 18.4. The molecule has 0 spiro atoms. The van der Waals surface area contributed by atoms with E-state index < -0.39 is 17.5 Å². The molecule has 0 saturated heterocycles. The van der Waals surface area contributed by atoms with Gasteiger partial charge >= 0.3 is 0 Å². The van der Waals surface area contributed by atoms with Crippen molar-refractivity contribution in [1.82, 2.24) is 9.97 Å². The van der Waals surface area contributed by atoms with Crippen LogP contribution in [0.5, 0.6) is 5.75 Å². The summed E-state index contributed by atoms with van der Waals surface area (Å²) in [5.74, 6) is -0.566. The predicted molar refractivity (Wildman–Crippen MR) is 118 cm³/mol. The summed E-state index contributed by atoms with van der Waals surface area (Å²) >= 11 is 3.07. The second-order valence-electron chi connectivity index (χ2n) is 6.71. The minimum Gasteiger partial charge on any atom is -0.494 e. The van der Waals surface area contributed by atoms with E-state index >= 15 is 0 Å². The third-order valence-electron chi connectivity index (χ3n) is 4.48. The number of primary amides is 1. The molecule has 3 rings (SSSR count). The van der Waals surface area contributed by atoms with Crippen LogP contribution in [-0.2, 0) is 17.6 Å². The highest BCUT2D eigenvalue weighted by atomic mass is 79.9. The Labute approximate surface area is 187 Å². The van der Waals surface area contributed by atoms with Gasteiger partial charge in [-0.05, 0) is 31.5 Å². The molecule has 0 unspecified atom stereocenters. The highest BCUT2D eigenvalue weighted by Gasteiger charge is 2.12. The third-order valence-corrected chi connectivity index (χ3v) is 4.94. The molecular weight excluding hydrogens is 470 g/mol. The number of nitrogens with zero attached hydrogens (tertiary/aromatic N) is 2. The molecule has 0 saturated carbocycles. The first kappa shape index (κ1) is 22.6. The number of aromatic nitrogens is 2. The first-order valence-corrected chi connectivity index (χ1v) is 10.4. The van der Waals surface area contributed by atoms with Crippen LogP contribution in [0.1, 0.15) is 18.1 Å². The summed E-state index contributed by atoms with van der Waals surface area (Å²) in [6.45, 7) is 2.58. The minimum absolute atomic E-state index is 0.0105. The van der Waals surface area contributed by atoms with E-state index in [9.17, 15) is 13.6 Å². The van der Waals surface area contributed by atoms with Crippen molar-refractivity contribution in [2.45, 2.75) is 19.8 Å². The Kier molecular flexibility index (Phi) is 7.51. The summed E-state index contributed by atoms with van der Waals surface area (Å²) in [4.78, 5) is 19.7. The van der Waals surface area contributed by atoms with Gasteiger partial charge in [0.05, 0.1) is 18.7 Å². The molecule has 6 nitrogen and oxygen atoms in total. The van der Waals surface area contributed by atoms with Crippen LogP contribution in [0.15, 0.2) is 47.2 Å². The monoisotopic (exact) mass is 490 g/mol. The van der Waals surface area contributed by atoms with Crippen molar-refractivity contribution >= 4 is 27.7 Å². The molecule has 0 aliphatic carbocycles. The van der Waals surface area contributed by atoms with Gasteiger partial charge in [0.1, 0.15) is 29.5 Å². The van der Waals surface area contributed by atoms with Gasteiger partial charge in [-0.15, -0.1) is 0 Å². The molecule has 1 aromatic heterocycles. The number of anilines is 1. The number of ether oxygens (including phenoxy) is 1. The summed E-state index contributed by atoms with van der Waals surface area (Å²) in [6, 6.07) is 9.59. The number of benzene rings is 2. The normalized spacial score (nSPS) is 10.7. The number of hydrogen-bond donors (Lipinski definition) is 2. The van der Waals surface area contributed by atoms with Crippen molar-refractivity contribution < 1.29 is 18.3 Å². The van der Waals surface area contributed by atoms with Crippen LogP contribution >= 0.6 is 15.9 Å². The fourth-order valence-electron chi connectivity index (χ4n) is 3.08. The highest BCUT2D eigenvalue weighted by Crippen LogP contribution is 2.28. The summed E-state index contributed by atoms with van der Waals surface area (Å²) in [7, 11) is 0. The fourth-order valence-corrected chi connectivity index (χ4v) is 3.48. The van der Waals surface area contributed by atoms with Gasteiger partial charge in [-0.25, -0.2) is 18.7 Å². The maximum absolute atomic E-state index is 14.0. The lowest BCUT2D eigenvalue weighted by atomic mass is 10.0. The van der Waals surface area contributed by atoms with Crippen molar-refractivity contribution in [3.05, 3.63) is 70.0 Å². The van der Waals surface area contributed by atoms with E-state index in [0.29, 0.717) is 33.9 Å². The lowest BCUT2D eigenvalue weighted by Crippen LogP contribution is -2.14. The van der Waals surface area contributed by atoms with Gasteiger partial charge in [-0.1, -0.05) is 28.1 Å². The molecule has 3 aromatic rings. The van der Waals surface area contributed by atoms with Gasteiger partial charge in [-0.3, -0.25) is 4.79 Å². The van der Waals surface area contributed by atoms with Crippen LogP contribution in [0.4, 0.5) is 14.6 Å². The Morgan fingerprint density at radius 3 is 2.58 bits per heavy atom. The molecule has 0 fully saturated rings. The van der Waals surface area contributed by atoms with Gasteiger partial charge in [-0.2, -0.15) is 0 Å². The largest absolute Gasteiger partial charge is 0.494 e. The van der Waals surface area contributed by atoms with Gasteiger partial charge in [0.25, 0.3) is 0 Å².